The van der Waals surface area contributed by atoms with Crippen molar-refractivity contribution in [1.82, 2.24) is 9.78 Å². The van der Waals surface area contributed by atoms with Crippen molar-refractivity contribution in [3.63, 3.8) is 0 Å². The summed E-state index contributed by atoms with van der Waals surface area (Å²) in [5.41, 5.74) is 0.599. The van der Waals surface area contributed by atoms with Crippen LogP contribution in [0.3, 0.4) is 0 Å². The SMILES string of the molecule is COC(=O)c1cnn2c1N[C@@H](c1ccc(Cl)cc1)C[C@H]2C(F)(F)F. The molecule has 24 heavy (non-hydrogen) atoms. The van der Waals surface area contributed by atoms with Crippen LogP contribution in [0.25, 0.3) is 0 Å². The Morgan fingerprint density at radius 3 is 2.62 bits per heavy atom. The fourth-order valence-electron chi connectivity index (χ4n) is 2.74. The molecule has 0 saturated heterocycles. The maximum atomic E-state index is 13.4. The minimum absolute atomic E-state index is 0.00428. The van der Waals surface area contributed by atoms with Crippen LogP contribution in [0.1, 0.15) is 34.4 Å². The number of aromatic nitrogens is 2. The van der Waals surface area contributed by atoms with Crippen molar-refractivity contribution >= 4 is 23.4 Å². The number of hydrogen-bond donors (Lipinski definition) is 1. The fraction of sp³-hybridized carbons (Fsp3) is 0.333. The number of rotatable bonds is 2. The minimum atomic E-state index is -4.50. The predicted molar refractivity (Wildman–Crippen MR) is 81.1 cm³/mol. The number of alkyl halides is 3. The first-order chi connectivity index (χ1) is 11.3. The molecule has 5 nitrogen and oxygen atoms in total. The summed E-state index contributed by atoms with van der Waals surface area (Å²) in [4.78, 5) is 11.8. The molecule has 1 aliphatic heterocycles. The Labute approximate surface area is 140 Å². The van der Waals surface area contributed by atoms with Gasteiger partial charge >= 0.3 is 12.1 Å². The normalized spacial score (nSPS) is 20.2. The van der Waals surface area contributed by atoms with Crippen LogP contribution in [0.4, 0.5) is 19.0 Å². The standard InChI is InChI=1S/C15H13ClF3N3O2/c1-24-14(23)10-7-20-22-12(15(17,18)19)6-11(21-13(10)22)8-2-4-9(16)5-3-8/h2-5,7,11-12,21H,6H2,1H3/t11-,12+/m1/s1. The van der Waals surface area contributed by atoms with Gasteiger partial charge in [-0.25, -0.2) is 9.48 Å². The summed E-state index contributed by atoms with van der Waals surface area (Å²) in [6, 6.07) is 4.03. The number of fused-ring (bicyclic) bond motifs is 1. The monoisotopic (exact) mass is 359 g/mol. The van der Waals surface area contributed by atoms with Crippen molar-refractivity contribution in [3.8, 4) is 0 Å². The number of benzene rings is 1. The van der Waals surface area contributed by atoms with Crippen LogP contribution >= 0.6 is 11.6 Å². The zero-order valence-corrected chi connectivity index (χ0v) is 13.2. The molecule has 0 spiro atoms. The van der Waals surface area contributed by atoms with E-state index in [1.807, 2.05) is 0 Å². The third-order valence-corrected chi connectivity index (χ3v) is 4.17. The molecule has 2 atom stereocenters. The first kappa shape index (κ1) is 16.6. The number of hydrogen-bond acceptors (Lipinski definition) is 4. The molecule has 2 aromatic rings. The second kappa shape index (κ2) is 6.01. The van der Waals surface area contributed by atoms with Gasteiger partial charge < -0.3 is 10.1 Å². The van der Waals surface area contributed by atoms with Crippen LogP contribution in [0.2, 0.25) is 5.02 Å². The van der Waals surface area contributed by atoms with Crippen molar-refractivity contribution in [1.29, 1.82) is 0 Å². The molecule has 128 valence electrons. The fourth-order valence-corrected chi connectivity index (χ4v) is 2.86. The molecular weight excluding hydrogens is 347 g/mol. The summed E-state index contributed by atoms with van der Waals surface area (Å²) in [5.74, 6) is -0.753. The number of ether oxygens (including phenoxy) is 1. The molecule has 1 aromatic heterocycles. The Morgan fingerprint density at radius 1 is 1.38 bits per heavy atom. The maximum absolute atomic E-state index is 13.4. The Morgan fingerprint density at radius 2 is 2.04 bits per heavy atom. The summed E-state index contributed by atoms with van der Waals surface area (Å²) in [6.07, 6.45) is -3.67. The van der Waals surface area contributed by atoms with E-state index in [1.54, 1.807) is 24.3 Å². The van der Waals surface area contributed by atoms with Crippen LogP contribution in [-0.4, -0.2) is 29.0 Å². The number of nitrogens with one attached hydrogen (secondary N) is 1. The summed E-state index contributed by atoms with van der Waals surface area (Å²) in [6.45, 7) is 0. The molecule has 1 aliphatic rings. The lowest BCUT2D eigenvalue weighted by Crippen LogP contribution is -2.36. The van der Waals surface area contributed by atoms with Gasteiger partial charge in [-0.1, -0.05) is 23.7 Å². The largest absolute Gasteiger partial charge is 0.465 e. The second-order valence-electron chi connectivity index (χ2n) is 5.38. The van der Waals surface area contributed by atoms with Crippen LogP contribution < -0.4 is 5.32 Å². The van der Waals surface area contributed by atoms with Gasteiger partial charge in [0.2, 0.25) is 0 Å². The van der Waals surface area contributed by atoms with Gasteiger partial charge in [0.15, 0.2) is 6.04 Å². The molecule has 9 heteroatoms. The van der Waals surface area contributed by atoms with Crippen molar-refractivity contribution in [3.05, 3.63) is 46.6 Å². The van der Waals surface area contributed by atoms with Crippen molar-refractivity contribution in [2.24, 2.45) is 0 Å². The highest BCUT2D eigenvalue weighted by Gasteiger charge is 2.47. The number of carbonyl (C=O) groups is 1. The van der Waals surface area contributed by atoms with E-state index in [-0.39, 0.29) is 17.8 Å². The van der Waals surface area contributed by atoms with E-state index in [9.17, 15) is 18.0 Å². The van der Waals surface area contributed by atoms with Gasteiger partial charge in [-0.05, 0) is 17.7 Å². The number of nitrogens with zero attached hydrogens (tertiary/aromatic N) is 2. The molecule has 0 fully saturated rings. The van der Waals surface area contributed by atoms with Crippen LogP contribution in [0.15, 0.2) is 30.5 Å². The summed E-state index contributed by atoms with van der Waals surface area (Å²) in [5, 5.41) is 7.17. The van der Waals surface area contributed by atoms with Crippen molar-refractivity contribution in [2.45, 2.75) is 24.7 Å². The van der Waals surface area contributed by atoms with E-state index in [4.69, 9.17) is 11.6 Å². The summed E-state index contributed by atoms with van der Waals surface area (Å²) >= 11 is 5.83. The lowest BCUT2D eigenvalue weighted by molar-refractivity contribution is -0.173. The van der Waals surface area contributed by atoms with E-state index in [1.165, 1.54) is 0 Å². The number of esters is 1. The third-order valence-electron chi connectivity index (χ3n) is 3.92. The summed E-state index contributed by atoms with van der Waals surface area (Å²) < 4.78 is 45.7. The van der Waals surface area contributed by atoms with Gasteiger partial charge in [0.25, 0.3) is 0 Å². The molecule has 3 rings (SSSR count). The van der Waals surface area contributed by atoms with Crippen LogP contribution in [0.5, 0.6) is 0 Å². The molecule has 1 aromatic carbocycles. The van der Waals surface area contributed by atoms with E-state index < -0.39 is 24.2 Å². The predicted octanol–water partition coefficient (Wildman–Crippen LogP) is 3.98. The van der Waals surface area contributed by atoms with E-state index >= 15 is 0 Å². The first-order valence-corrected chi connectivity index (χ1v) is 7.43. The van der Waals surface area contributed by atoms with Crippen LogP contribution in [-0.2, 0) is 4.74 Å². The molecule has 0 bridgehead atoms. The average molecular weight is 360 g/mol. The highest BCUT2D eigenvalue weighted by molar-refractivity contribution is 6.30. The highest BCUT2D eigenvalue weighted by atomic mass is 35.5. The minimum Gasteiger partial charge on any atom is -0.465 e. The Hall–Kier alpha value is -2.22. The molecule has 0 radical (unpaired) electrons. The van der Waals surface area contributed by atoms with Gasteiger partial charge in [-0.15, -0.1) is 0 Å². The van der Waals surface area contributed by atoms with Crippen molar-refractivity contribution in [2.75, 3.05) is 12.4 Å². The zero-order valence-electron chi connectivity index (χ0n) is 12.5. The first-order valence-electron chi connectivity index (χ1n) is 7.05. The Balaban J connectivity index is 2.04. The van der Waals surface area contributed by atoms with Crippen LogP contribution in [0, 0.1) is 0 Å². The van der Waals surface area contributed by atoms with Gasteiger partial charge in [0.1, 0.15) is 11.4 Å². The Bertz CT molecular complexity index is 758. The topological polar surface area (TPSA) is 56.1 Å². The zero-order chi connectivity index (χ0) is 17.5. The molecule has 0 saturated carbocycles. The van der Waals surface area contributed by atoms with Gasteiger partial charge in [0.05, 0.1) is 19.3 Å². The number of halogens is 4. The van der Waals surface area contributed by atoms with Gasteiger partial charge in [-0.3, -0.25) is 0 Å². The van der Waals surface area contributed by atoms with E-state index in [2.05, 4.69) is 15.2 Å². The smallest absolute Gasteiger partial charge is 0.410 e. The quantitative estimate of drug-likeness (QED) is 0.824. The third kappa shape index (κ3) is 2.93. The molecule has 0 aliphatic carbocycles. The lowest BCUT2D eigenvalue weighted by atomic mass is 9.96. The number of methoxy groups -OCH3 is 1. The molecular formula is C15H13ClF3N3O2. The molecule has 0 unspecified atom stereocenters. The van der Waals surface area contributed by atoms with E-state index in [0.717, 1.165) is 18.0 Å². The highest BCUT2D eigenvalue weighted by Crippen LogP contribution is 2.44. The average Bonchev–Trinajstić information content (AvgIpc) is 2.96. The number of anilines is 1. The van der Waals surface area contributed by atoms with Gasteiger partial charge in [-0.2, -0.15) is 18.3 Å². The Kier molecular flexibility index (Phi) is 4.16. The lowest BCUT2D eigenvalue weighted by Gasteiger charge is -2.34. The molecule has 0 amide bonds. The van der Waals surface area contributed by atoms with Crippen molar-refractivity contribution < 1.29 is 22.7 Å². The molecule has 2 heterocycles. The molecule has 1 N–H and O–H groups in total. The van der Waals surface area contributed by atoms with Gasteiger partial charge in [0, 0.05) is 11.4 Å². The second-order valence-corrected chi connectivity index (χ2v) is 5.82. The maximum Gasteiger partial charge on any atom is 0.410 e. The summed E-state index contributed by atoms with van der Waals surface area (Å²) in [7, 11) is 1.16. The van der Waals surface area contributed by atoms with E-state index in [0.29, 0.717) is 10.6 Å². The number of carbonyl (C=O) groups excluding carboxylic acids is 1.